The van der Waals surface area contributed by atoms with E-state index in [9.17, 15) is 4.79 Å². The molecule has 124 valence electrons. The first-order valence-electron chi connectivity index (χ1n) is 7.38. The average Bonchev–Trinajstić information content (AvgIpc) is 2.32. The van der Waals surface area contributed by atoms with Crippen molar-refractivity contribution in [1.82, 2.24) is 20.4 Å². The summed E-state index contributed by atoms with van der Waals surface area (Å²) in [5.74, 6) is 0.509. The van der Waals surface area contributed by atoms with Gasteiger partial charge in [-0.2, -0.15) is 15.0 Å². The highest BCUT2D eigenvalue weighted by Crippen LogP contribution is 2.18. The molecule has 1 heterocycles. The molecule has 0 unspecified atom stereocenters. The van der Waals surface area contributed by atoms with Crippen molar-refractivity contribution in [3.63, 3.8) is 0 Å². The van der Waals surface area contributed by atoms with Crippen LogP contribution in [0.2, 0.25) is 5.28 Å². The molecule has 1 aromatic heterocycles. The number of nitrogens with zero attached hydrogens (tertiary/aromatic N) is 4. The van der Waals surface area contributed by atoms with E-state index in [0.717, 1.165) is 12.8 Å². The van der Waals surface area contributed by atoms with Crippen molar-refractivity contribution in [3.05, 3.63) is 5.28 Å². The van der Waals surface area contributed by atoms with E-state index in [4.69, 9.17) is 11.6 Å². The molecule has 0 fully saturated rings. The van der Waals surface area contributed by atoms with Crippen LogP contribution in [0.5, 0.6) is 0 Å². The Bertz CT molecular complexity index is 517. The molecule has 0 radical (unpaired) electrons. The predicted octanol–water partition coefficient (Wildman–Crippen LogP) is 2.78. The highest BCUT2D eigenvalue weighted by molar-refractivity contribution is 6.28. The summed E-state index contributed by atoms with van der Waals surface area (Å²) < 4.78 is 0. The predicted molar refractivity (Wildman–Crippen MR) is 88.9 cm³/mol. The molecule has 1 amide bonds. The molecule has 0 bridgehead atoms. The first kappa shape index (κ1) is 18.4. The third-order valence-corrected chi connectivity index (χ3v) is 2.89. The Morgan fingerprint density at radius 2 is 1.95 bits per heavy atom. The van der Waals surface area contributed by atoms with Gasteiger partial charge < -0.3 is 5.32 Å². The molecule has 0 aliphatic rings. The van der Waals surface area contributed by atoms with E-state index in [2.05, 4.69) is 32.6 Å². The highest BCUT2D eigenvalue weighted by atomic mass is 35.5. The molecule has 0 aliphatic heterocycles. The molecular formula is C14H25ClN6O. The SMILES string of the molecule is CCC[C@H](C)N(NC(C)=O)c1nc(Cl)nc(NC(C)(C)C)n1. The Morgan fingerprint density at radius 1 is 1.32 bits per heavy atom. The van der Waals surface area contributed by atoms with Gasteiger partial charge in [0.15, 0.2) is 0 Å². The minimum Gasteiger partial charge on any atom is -0.349 e. The van der Waals surface area contributed by atoms with Crippen molar-refractivity contribution in [1.29, 1.82) is 0 Å². The molecule has 8 heteroatoms. The lowest BCUT2D eigenvalue weighted by Gasteiger charge is -2.29. The number of nitrogens with one attached hydrogen (secondary N) is 2. The van der Waals surface area contributed by atoms with Gasteiger partial charge in [0, 0.05) is 12.5 Å². The molecule has 22 heavy (non-hydrogen) atoms. The molecule has 1 aromatic rings. The summed E-state index contributed by atoms with van der Waals surface area (Å²) in [4.78, 5) is 24.0. The Kier molecular flexibility index (Phi) is 6.34. The number of anilines is 2. The van der Waals surface area contributed by atoms with E-state index in [1.54, 1.807) is 5.01 Å². The van der Waals surface area contributed by atoms with Crippen LogP contribution in [-0.4, -0.2) is 32.4 Å². The summed E-state index contributed by atoms with van der Waals surface area (Å²) >= 11 is 6.00. The summed E-state index contributed by atoms with van der Waals surface area (Å²) in [6.45, 7) is 11.5. The van der Waals surface area contributed by atoms with Gasteiger partial charge in [0.05, 0.1) is 6.04 Å². The number of hydrogen-bond donors (Lipinski definition) is 2. The standard InChI is InChI=1S/C14H25ClN6O/c1-7-8-9(2)21(20-10(3)22)13-17-11(15)16-12(18-13)19-14(4,5)6/h9H,7-8H2,1-6H3,(H,20,22)(H,16,17,18,19)/t9-/m0/s1. The first-order valence-corrected chi connectivity index (χ1v) is 7.76. The summed E-state index contributed by atoms with van der Waals surface area (Å²) in [6.07, 6.45) is 1.86. The Labute approximate surface area is 136 Å². The molecule has 2 N–H and O–H groups in total. The molecule has 0 saturated heterocycles. The van der Waals surface area contributed by atoms with Crippen molar-refractivity contribution in [2.75, 3.05) is 10.3 Å². The number of carbonyl (C=O) groups excluding carboxylic acids is 1. The summed E-state index contributed by atoms with van der Waals surface area (Å²) in [6, 6.07) is 0.0369. The molecule has 0 spiro atoms. The average molecular weight is 329 g/mol. The number of carbonyl (C=O) groups is 1. The largest absolute Gasteiger partial charge is 0.349 e. The van der Waals surface area contributed by atoms with Crippen molar-refractivity contribution in [2.45, 2.75) is 66.0 Å². The van der Waals surface area contributed by atoms with Crippen molar-refractivity contribution in [2.24, 2.45) is 0 Å². The van der Waals surface area contributed by atoms with E-state index >= 15 is 0 Å². The second kappa shape index (κ2) is 7.58. The molecule has 0 saturated carbocycles. The molecule has 0 aromatic carbocycles. The lowest BCUT2D eigenvalue weighted by atomic mass is 10.1. The van der Waals surface area contributed by atoms with Gasteiger partial charge in [0.25, 0.3) is 5.95 Å². The number of amides is 1. The van der Waals surface area contributed by atoms with E-state index in [-0.39, 0.29) is 22.8 Å². The molecule has 7 nitrogen and oxygen atoms in total. The van der Waals surface area contributed by atoms with E-state index < -0.39 is 0 Å². The summed E-state index contributed by atoms with van der Waals surface area (Å²) in [5.41, 5.74) is 2.54. The van der Waals surface area contributed by atoms with Crippen molar-refractivity contribution >= 4 is 29.4 Å². The van der Waals surface area contributed by atoms with Gasteiger partial charge in [0.2, 0.25) is 17.1 Å². The number of aromatic nitrogens is 3. The van der Waals surface area contributed by atoms with Crippen molar-refractivity contribution in [3.8, 4) is 0 Å². The maximum atomic E-state index is 11.5. The van der Waals surface area contributed by atoms with Gasteiger partial charge in [-0.3, -0.25) is 10.2 Å². The van der Waals surface area contributed by atoms with Crippen LogP contribution in [0.1, 0.15) is 54.4 Å². The van der Waals surface area contributed by atoms with Crippen LogP contribution in [0.25, 0.3) is 0 Å². The Hall–Kier alpha value is -1.63. The van der Waals surface area contributed by atoms with Gasteiger partial charge in [0.1, 0.15) is 0 Å². The normalized spacial score (nSPS) is 12.7. The fourth-order valence-corrected chi connectivity index (χ4v) is 2.07. The van der Waals surface area contributed by atoms with Gasteiger partial charge in [-0.25, -0.2) is 5.01 Å². The van der Waals surface area contributed by atoms with Crippen molar-refractivity contribution < 1.29 is 4.79 Å². The minimum atomic E-state index is -0.212. The van der Waals surface area contributed by atoms with Crippen LogP contribution in [0.3, 0.4) is 0 Å². The van der Waals surface area contributed by atoms with Crippen LogP contribution >= 0.6 is 11.6 Å². The molecular weight excluding hydrogens is 304 g/mol. The van der Waals surface area contributed by atoms with Crippen LogP contribution in [0, 0.1) is 0 Å². The smallest absolute Gasteiger partial charge is 0.250 e. The zero-order valence-corrected chi connectivity index (χ0v) is 14.8. The fraction of sp³-hybridized carbons (Fsp3) is 0.714. The monoisotopic (exact) mass is 328 g/mol. The molecule has 0 aliphatic carbocycles. The summed E-state index contributed by atoms with van der Waals surface area (Å²) in [7, 11) is 0. The first-order chi connectivity index (χ1) is 10.1. The molecule has 1 atom stereocenters. The topological polar surface area (TPSA) is 83.0 Å². The maximum Gasteiger partial charge on any atom is 0.250 e. The Morgan fingerprint density at radius 3 is 2.45 bits per heavy atom. The van der Waals surface area contributed by atoms with Gasteiger partial charge >= 0.3 is 0 Å². The van der Waals surface area contributed by atoms with Crippen LogP contribution in [0.4, 0.5) is 11.9 Å². The second-order valence-corrected chi connectivity index (χ2v) is 6.62. The number of hydrazine groups is 1. The molecule has 1 rings (SSSR count). The third kappa shape index (κ3) is 6.01. The zero-order valence-electron chi connectivity index (χ0n) is 14.1. The van der Waals surface area contributed by atoms with Crippen LogP contribution in [0.15, 0.2) is 0 Å². The van der Waals surface area contributed by atoms with Crippen LogP contribution < -0.4 is 15.8 Å². The third-order valence-electron chi connectivity index (χ3n) is 2.72. The second-order valence-electron chi connectivity index (χ2n) is 6.28. The Balaban J connectivity index is 3.15. The number of rotatable bonds is 6. The lowest BCUT2D eigenvalue weighted by molar-refractivity contribution is -0.119. The van der Waals surface area contributed by atoms with E-state index in [0.29, 0.717) is 11.9 Å². The van der Waals surface area contributed by atoms with Gasteiger partial charge in [-0.05, 0) is 45.7 Å². The summed E-state index contributed by atoms with van der Waals surface area (Å²) in [5, 5.41) is 4.87. The van der Waals surface area contributed by atoms with E-state index in [1.807, 2.05) is 27.7 Å². The quantitative estimate of drug-likeness (QED) is 0.781. The van der Waals surface area contributed by atoms with Crippen LogP contribution in [-0.2, 0) is 4.79 Å². The van der Waals surface area contributed by atoms with Gasteiger partial charge in [-0.1, -0.05) is 13.3 Å². The minimum absolute atomic E-state index is 0.0369. The number of halogens is 1. The van der Waals surface area contributed by atoms with Gasteiger partial charge in [-0.15, -0.1) is 0 Å². The zero-order chi connectivity index (χ0) is 16.9. The highest BCUT2D eigenvalue weighted by Gasteiger charge is 2.21. The van der Waals surface area contributed by atoms with E-state index in [1.165, 1.54) is 6.92 Å². The maximum absolute atomic E-state index is 11.5. The fourth-order valence-electron chi connectivity index (χ4n) is 1.91. The number of hydrogen-bond acceptors (Lipinski definition) is 6. The lowest BCUT2D eigenvalue weighted by Crippen LogP contribution is -2.48.